The van der Waals surface area contributed by atoms with Gasteiger partial charge in [0.05, 0.1) is 0 Å². The second-order valence-corrected chi connectivity index (χ2v) is 2.96. The molecule has 1 heterocycles. The van der Waals surface area contributed by atoms with Gasteiger partial charge in [0.25, 0.3) is 11.8 Å². The first kappa shape index (κ1) is 11.6. The summed E-state index contributed by atoms with van der Waals surface area (Å²) in [7, 11) is 0. The molecule has 1 rings (SSSR count). The zero-order valence-corrected chi connectivity index (χ0v) is 8.33. The number of imide groups is 1. The van der Waals surface area contributed by atoms with Crippen molar-refractivity contribution in [2.75, 3.05) is 6.54 Å². The normalized spacial score (nSPS) is 14.2. The Balaban J connectivity index is 0.000000310. The van der Waals surface area contributed by atoms with Gasteiger partial charge < -0.3 is 0 Å². The highest BCUT2D eigenvalue weighted by molar-refractivity contribution is 6.12. The van der Waals surface area contributed by atoms with E-state index in [4.69, 9.17) is 0 Å². The number of likely N-dealkylation sites (N-methyl/N-ethyl adjacent to an activating group) is 1. The topological polar surface area (TPSA) is 37.4 Å². The lowest BCUT2D eigenvalue weighted by Crippen LogP contribution is -2.29. The second kappa shape index (κ2) is 5.30. The van der Waals surface area contributed by atoms with E-state index in [9.17, 15) is 9.59 Å². The van der Waals surface area contributed by atoms with Crippen molar-refractivity contribution in [1.29, 1.82) is 0 Å². The molecule has 0 aromatic rings. The molecule has 0 fully saturated rings. The molecule has 1 aliphatic rings. The standard InChI is InChI=1S/C6H7NO2.C4H8/c1-2-7-5(8)3-4-6(7)9;1-4(2)3/h3-4H,2H2,1H3;1H2,2-3H3. The fraction of sp³-hybridized carbons (Fsp3) is 0.400. The molecule has 13 heavy (non-hydrogen) atoms. The monoisotopic (exact) mass is 181 g/mol. The first-order valence-electron chi connectivity index (χ1n) is 4.14. The Morgan fingerprint density at radius 1 is 1.31 bits per heavy atom. The molecule has 1 aliphatic heterocycles. The lowest BCUT2D eigenvalue weighted by molar-refractivity contribution is -0.136. The maximum atomic E-state index is 10.6. The number of hydrogen-bond donors (Lipinski definition) is 0. The van der Waals surface area contributed by atoms with Gasteiger partial charge in [-0.05, 0) is 20.8 Å². The van der Waals surface area contributed by atoms with Crippen molar-refractivity contribution in [2.45, 2.75) is 20.8 Å². The van der Waals surface area contributed by atoms with Crippen molar-refractivity contribution >= 4 is 11.8 Å². The van der Waals surface area contributed by atoms with Crippen LogP contribution in [0.5, 0.6) is 0 Å². The number of rotatable bonds is 1. The lowest BCUT2D eigenvalue weighted by atomic mass is 10.4. The van der Waals surface area contributed by atoms with E-state index in [0.717, 1.165) is 0 Å². The van der Waals surface area contributed by atoms with Gasteiger partial charge >= 0.3 is 0 Å². The van der Waals surface area contributed by atoms with Gasteiger partial charge in [-0.15, -0.1) is 6.58 Å². The first-order valence-corrected chi connectivity index (χ1v) is 4.14. The van der Waals surface area contributed by atoms with E-state index >= 15 is 0 Å². The molecule has 0 radical (unpaired) electrons. The Hall–Kier alpha value is -1.38. The summed E-state index contributed by atoms with van der Waals surface area (Å²) >= 11 is 0. The molecule has 0 atom stereocenters. The molecule has 0 saturated carbocycles. The molecule has 0 spiro atoms. The van der Waals surface area contributed by atoms with E-state index in [2.05, 4.69) is 6.58 Å². The van der Waals surface area contributed by atoms with E-state index in [1.54, 1.807) is 6.92 Å². The van der Waals surface area contributed by atoms with Gasteiger partial charge in [0.1, 0.15) is 0 Å². The van der Waals surface area contributed by atoms with Gasteiger partial charge in [0, 0.05) is 18.7 Å². The highest BCUT2D eigenvalue weighted by atomic mass is 16.2. The third kappa shape index (κ3) is 4.25. The van der Waals surface area contributed by atoms with Crippen molar-refractivity contribution < 1.29 is 9.59 Å². The van der Waals surface area contributed by atoms with Crippen LogP contribution in [0.4, 0.5) is 0 Å². The van der Waals surface area contributed by atoms with Crippen molar-refractivity contribution in [3.63, 3.8) is 0 Å². The number of allylic oxidation sites excluding steroid dienone is 1. The summed E-state index contributed by atoms with van der Waals surface area (Å²) in [4.78, 5) is 22.4. The van der Waals surface area contributed by atoms with Crippen LogP contribution in [0.25, 0.3) is 0 Å². The fourth-order valence-corrected chi connectivity index (χ4v) is 0.743. The van der Waals surface area contributed by atoms with Crippen LogP contribution in [0.3, 0.4) is 0 Å². The predicted octanol–water partition coefficient (Wildman–Crippen LogP) is 1.51. The van der Waals surface area contributed by atoms with Crippen LogP contribution in [0, 0.1) is 0 Å². The minimum Gasteiger partial charge on any atom is -0.276 e. The van der Waals surface area contributed by atoms with Crippen LogP contribution in [-0.4, -0.2) is 23.3 Å². The molecule has 0 aromatic carbocycles. The molecule has 3 heteroatoms. The zero-order chi connectivity index (χ0) is 10.4. The fourth-order valence-electron chi connectivity index (χ4n) is 0.743. The van der Waals surface area contributed by atoms with Crippen molar-refractivity contribution in [3.8, 4) is 0 Å². The Bertz CT molecular complexity index is 232. The summed E-state index contributed by atoms with van der Waals surface area (Å²) in [6, 6.07) is 0. The molecule has 0 unspecified atom stereocenters. The second-order valence-electron chi connectivity index (χ2n) is 2.96. The van der Waals surface area contributed by atoms with Crippen LogP contribution < -0.4 is 0 Å². The van der Waals surface area contributed by atoms with Gasteiger partial charge in [0.2, 0.25) is 0 Å². The summed E-state index contributed by atoms with van der Waals surface area (Å²) in [5.41, 5.74) is 1.17. The highest BCUT2D eigenvalue weighted by Gasteiger charge is 2.20. The summed E-state index contributed by atoms with van der Waals surface area (Å²) in [6.45, 7) is 9.73. The van der Waals surface area contributed by atoms with E-state index in [1.165, 1.54) is 22.6 Å². The zero-order valence-electron chi connectivity index (χ0n) is 8.33. The largest absolute Gasteiger partial charge is 0.276 e. The molecule has 0 aromatic heterocycles. The number of amides is 2. The third-order valence-electron chi connectivity index (χ3n) is 1.22. The molecule has 0 saturated heterocycles. The molecule has 2 amide bonds. The molecular formula is C10H15NO2. The maximum absolute atomic E-state index is 10.6. The molecule has 0 bridgehead atoms. The number of carbonyl (C=O) groups is 2. The van der Waals surface area contributed by atoms with Crippen LogP contribution in [0.2, 0.25) is 0 Å². The van der Waals surface area contributed by atoms with Crippen LogP contribution in [0.15, 0.2) is 24.3 Å². The number of carbonyl (C=O) groups excluding carboxylic acids is 2. The molecule has 3 nitrogen and oxygen atoms in total. The molecule has 0 aliphatic carbocycles. The van der Waals surface area contributed by atoms with Crippen LogP contribution >= 0.6 is 0 Å². The van der Waals surface area contributed by atoms with Crippen molar-refractivity contribution in [3.05, 3.63) is 24.3 Å². The Kier molecular flexibility index (Phi) is 4.74. The Morgan fingerprint density at radius 3 is 1.77 bits per heavy atom. The number of hydrogen-bond acceptors (Lipinski definition) is 2. The third-order valence-corrected chi connectivity index (χ3v) is 1.22. The summed E-state index contributed by atoms with van der Waals surface area (Å²) in [6.07, 6.45) is 2.57. The van der Waals surface area contributed by atoms with Crippen molar-refractivity contribution in [1.82, 2.24) is 4.90 Å². The quantitative estimate of drug-likeness (QED) is 0.454. The van der Waals surface area contributed by atoms with E-state index < -0.39 is 0 Å². The first-order chi connectivity index (χ1) is 5.99. The average molecular weight is 181 g/mol. The van der Waals surface area contributed by atoms with Crippen LogP contribution in [0.1, 0.15) is 20.8 Å². The Labute approximate surface area is 78.7 Å². The molecule has 0 N–H and O–H groups in total. The maximum Gasteiger partial charge on any atom is 0.253 e. The van der Waals surface area contributed by atoms with Gasteiger partial charge in [-0.2, -0.15) is 0 Å². The van der Waals surface area contributed by atoms with Gasteiger partial charge in [-0.1, -0.05) is 5.57 Å². The number of nitrogens with zero attached hydrogens (tertiary/aromatic N) is 1. The summed E-state index contributed by atoms with van der Waals surface area (Å²) < 4.78 is 0. The molecular weight excluding hydrogens is 166 g/mol. The van der Waals surface area contributed by atoms with Crippen LogP contribution in [-0.2, 0) is 9.59 Å². The predicted molar refractivity (Wildman–Crippen MR) is 52.0 cm³/mol. The van der Waals surface area contributed by atoms with E-state index in [1.807, 2.05) is 13.8 Å². The van der Waals surface area contributed by atoms with Crippen molar-refractivity contribution in [2.24, 2.45) is 0 Å². The van der Waals surface area contributed by atoms with E-state index in [0.29, 0.717) is 6.54 Å². The van der Waals surface area contributed by atoms with Gasteiger partial charge in [0.15, 0.2) is 0 Å². The smallest absolute Gasteiger partial charge is 0.253 e. The van der Waals surface area contributed by atoms with Gasteiger partial charge in [-0.25, -0.2) is 0 Å². The lowest BCUT2D eigenvalue weighted by Gasteiger charge is -2.08. The SMILES string of the molecule is C=C(C)C.CCN1C(=O)C=CC1=O. The Morgan fingerprint density at radius 2 is 1.62 bits per heavy atom. The minimum atomic E-state index is -0.206. The molecule has 72 valence electrons. The van der Waals surface area contributed by atoms with E-state index in [-0.39, 0.29) is 11.8 Å². The minimum absolute atomic E-state index is 0.206. The summed E-state index contributed by atoms with van der Waals surface area (Å²) in [5.74, 6) is -0.412. The average Bonchev–Trinajstić information content (AvgIpc) is 2.30. The highest BCUT2D eigenvalue weighted by Crippen LogP contribution is 2.00. The summed E-state index contributed by atoms with van der Waals surface area (Å²) in [5, 5.41) is 0. The van der Waals surface area contributed by atoms with Gasteiger partial charge in [-0.3, -0.25) is 14.5 Å².